The summed E-state index contributed by atoms with van der Waals surface area (Å²) in [6.07, 6.45) is 0. The van der Waals surface area contributed by atoms with Crippen LogP contribution in [0.2, 0.25) is 0 Å². The fraction of sp³-hybridized carbons (Fsp3) is 0.231. The predicted molar refractivity (Wildman–Crippen MR) is 77.6 cm³/mol. The molecule has 0 saturated heterocycles. The van der Waals surface area contributed by atoms with Crippen molar-refractivity contribution in [1.82, 2.24) is 0 Å². The molecule has 19 heavy (non-hydrogen) atoms. The average molecular weight is 297 g/mol. The molecule has 2 rings (SSSR count). The molecule has 4 nitrogen and oxygen atoms in total. The second-order valence-corrected chi connectivity index (χ2v) is 7.22. The maximum Gasteiger partial charge on any atom is 0.273 e. The van der Waals surface area contributed by atoms with Gasteiger partial charge < -0.3 is 4.74 Å². The van der Waals surface area contributed by atoms with Crippen LogP contribution in [0.5, 0.6) is 5.75 Å². The second kappa shape index (κ2) is 5.22. The van der Waals surface area contributed by atoms with Crippen LogP contribution in [0.25, 0.3) is 0 Å². The van der Waals surface area contributed by atoms with Crippen molar-refractivity contribution in [3.8, 4) is 5.75 Å². The van der Waals surface area contributed by atoms with E-state index in [9.17, 15) is 8.42 Å². The number of benzene rings is 1. The fourth-order valence-corrected chi connectivity index (χ4v) is 4.08. The zero-order valence-electron chi connectivity index (χ0n) is 11.0. The van der Waals surface area contributed by atoms with Crippen molar-refractivity contribution in [1.29, 1.82) is 0 Å². The molecule has 0 atom stereocenters. The first kappa shape index (κ1) is 13.9. The van der Waals surface area contributed by atoms with E-state index in [1.165, 1.54) is 29.8 Å². The summed E-state index contributed by atoms with van der Waals surface area (Å²) >= 11 is 1.20. The van der Waals surface area contributed by atoms with Crippen LogP contribution in [0.15, 0.2) is 39.9 Å². The molecule has 0 fully saturated rings. The van der Waals surface area contributed by atoms with Gasteiger partial charge in [0.1, 0.15) is 9.96 Å². The summed E-state index contributed by atoms with van der Waals surface area (Å²) in [5.74, 6) is 0.535. The van der Waals surface area contributed by atoms with E-state index in [1.807, 2.05) is 13.0 Å². The summed E-state index contributed by atoms with van der Waals surface area (Å²) in [5, 5.41) is 1.74. The smallest absolute Gasteiger partial charge is 0.273 e. The predicted octanol–water partition coefficient (Wildman–Crippen LogP) is 2.89. The van der Waals surface area contributed by atoms with Gasteiger partial charge in [-0.25, -0.2) is 8.42 Å². The van der Waals surface area contributed by atoms with E-state index in [0.717, 1.165) is 5.56 Å². The number of thiophene rings is 1. The Morgan fingerprint density at radius 2 is 2.00 bits per heavy atom. The highest BCUT2D eigenvalue weighted by Crippen LogP contribution is 2.33. The zero-order chi connectivity index (χ0) is 14.0. The quantitative estimate of drug-likeness (QED) is 0.871. The Bertz CT molecular complexity index is 663. The molecular weight excluding hydrogens is 282 g/mol. The van der Waals surface area contributed by atoms with Crippen molar-refractivity contribution in [2.45, 2.75) is 11.1 Å². The molecule has 0 unspecified atom stereocenters. The SMILES string of the molecule is COc1ccc(C)cc1N(C)S(=O)(=O)c1cccs1. The maximum atomic E-state index is 12.5. The fourth-order valence-electron chi connectivity index (χ4n) is 1.72. The van der Waals surface area contributed by atoms with E-state index in [2.05, 4.69) is 0 Å². The number of aryl methyl sites for hydroxylation is 1. The van der Waals surface area contributed by atoms with Gasteiger partial charge in [-0.15, -0.1) is 11.3 Å². The molecule has 0 amide bonds. The van der Waals surface area contributed by atoms with Crippen LogP contribution in [-0.2, 0) is 10.0 Å². The molecule has 1 heterocycles. The largest absolute Gasteiger partial charge is 0.495 e. The lowest BCUT2D eigenvalue weighted by Crippen LogP contribution is -2.26. The summed E-state index contributed by atoms with van der Waals surface area (Å²) in [7, 11) is -0.465. The third-order valence-electron chi connectivity index (χ3n) is 2.78. The van der Waals surface area contributed by atoms with Gasteiger partial charge in [0.2, 0.25) is 0 Å². The lowest BCUT2D eigenvalue weighted by atomic mass is 10.2. The molecule has 1 aromatic heterocycles. The van der Waals surface area contributed by atoms with Crippen molar-refractivity contribution in [3.63, 3.8) is 0 Å². The van der Waals surface area contributed by atoms with Crippen LogP contribution in [0.4, 0.5) is 5.69 Å². The molecular formula is C13H15NO3S2. The highest BCUT2D eigenvalue weighted by atomic mass is 32.2. The Labute approximate surface area is 117 Å². The second-order valence-electron chi connectivity index (χ2n) is 4.08. The lowest BCUT2D eigenvalue weighted by Gasteiger charge is -2.21. The van der Waals surface area contributed by atoms with Crippen molar-refractivity contribution in [2.75, 3.05) is 18.5 Å². The number of methoxy groups -OCH3 is 1. The number of hydrogen-bond donors (Lipinski definition) is 0. The van der Waals surface area contributed by atoms with Gasteiger partial charge in [-0.1, -0.05) is 12.1 Å². The number of nitrogens with zero attached hydrogens (tertiary/aromatic N) is 1. The molecule has 0 aliphatic carbocycles. The Kier molecular flexibility index (Phi) is 3.82. The minimum absolute atomic E-state index is 0.318. The lowest BCUT2D eigenvalue weighted by molar-refractivity contribution is 0.415. The van der Waals surface area contributed by atoms with Crippen LogP contribution in [0.3, 0.4) is 0 Å². The summed E-state index contributed by atoms with van der Waals surface area (Å²) in [6.45, 7) is 1.91. The molecule has 0 bridgehead atoms. The van der Waals surface area contributed by atoms with Crippen LogP contribution < -0.4 is 9.04 Å². The van der Waals surface area contributed by atoms with Crippen molar-refractivity contribution >= 4 is 27.0 Å². The van der Waals surface area contributed by atoms with E-state index in [0.29, 0.717) is 15.6 Å². The van der Waals surface area contributed by atoms with Gasteiger partial charge in [0.25, 0.3) is 10.0 Å². The minimum Gasteiger partial charge on any atom is -0.495 e. The molecule has 0 spiro atoms. The minimum atomic E-state index is -3.53. The zero-order valence-corrected chi connectivity index (χ0v) is 12.6. The van der Waals surface area contributed by atoms with E-state index in [4.69, 9.17) is 4.74 Å². The maximum absolute atomic E-state index is 12.5. The van der Waals surface area contributed by atoms with Crippen LogP contribution in [0.1, 0.15) is 5.56 Å². The van der Waals surface area contributed by atoms with Gasteiger partial charge in [-0.2, -0.15) is 0 Å². The van der Waals surface area contributed by atoms with Crippen molar-refractivity contribution < 1.29 is 13.2 Å². The third kappa shape index (κ3) is 2.59. The highest BCUT2D eigenvalue weighted by Gasteiger charge is 2.24. The number of hydrogen-bond acceptors (Lipinski definition) is 4. The third-order valence-corrected chi connectivity index (χ3v) is 5.93. The Morgan fingerprint density at radius 3 is 2.58 bits per heavy atom. The van der Waals surface area contributed by atoms with Gasteiger partial charge in [0.15, 0.2) is 0 Å². The van der Waals surface area contributed by atoms with E-state index >= 15 is 0 Å². The molecule has 102 valence electrons. The first-order valence-corrected chi connectivity index (χ1v) is 7.96. The summed E-state index contributed by atoms with van der Waals surface area (Å²) in [4.78, 5) is 0. The molecule has 0 saturated carbocycles. The highest BCUT2D eigenvalue weighted by molar-refractivity contribution is 7.94. The van der Waals surface area contributed by atoms with Crippen LogP contribution in [-0.4, -0.2) is 22.6 Å². The standard InChI is InChI=1S/C13H15NO3S2/c1-10-6-7-12(17-3)11(9-10)14(2)19(15,16)13-5-4-8-18-13/h4-9H,1-3H3. The summed E-state index contributed by atoms with van der Waals surface area (Å²) in [6, 6.07) is 8.76. The first-order chi connectivity index (χ1) is 8.96. The van der Waals surface area contributed by atoms with Crippen LogP contribution in [0, 0.1) is 6.92 Å². The molecule has 6 heteroatoms. The number of anilines is 1. The van der Waals surface area contributed by atoms with E-state index in [-0.39, 0.29) is 0 Å². The van der Waals surface area contributed by atoms with Gasteiger partial charge in [0.05, 0.1) is 12.8 Å². The molecule has 1 aromatic carbocycles. The molecule has 2 aromatic rings. The van der Waals surface area contributed by atoms with E-state index in [1.54, 1.807) is 29.6 Å². The number of sulfonamides is 1. The van der Waals surface area contributed by atoms with Crippen molar-refractivity contribution in [2.24, 2.45) is 0 Å². The molecule has 0 N–H and O–H groups in total. The molecule has 0 aliphatic heterocycles. The summed E-state index contributed by atoms with van der Waals surface area (Å²) in [5.41, 5.74) is 1.51. The van der Waals surface area contributed by atoms with E-state index < -0.39 is 10.0 Å². The molecule has 0 radical (unpaired) electrons. The van der Waals surface area contributed by atoms with Gasteiger partial charge in [-0.3, -0.25) is 4.31 Å². The Balaban J connectivity index is 2.50. The first-order valence-electron chi connectivity index (χ1n) is 5.64. The van der Waals surface area contributed by atoms with Crippen molar-refractivity contribution in [3.05, 3.63) is 41.3 Å². The topological polar surface area (TPSA) is 46.6 Å². The molecule has 0 aliphatic rings. The normalized spacial score (nSPS) is 11.3. The number of ether oxygens (including phenoxy) is 1. The monoisotopic (exact) mass is 297 g/mol. The van der Waals surface area contributed by atoms with Gasteiger partial charge in [-0.05, 0) is 36.1 Å². The Morgan fingerprint density at radius 1 is 1.26 bits per heavy atom. The summed E-state index contributed by atoms with van der Waals surface area (Å²) < 4.78 is 31.7. The Hall–Kier alpha value is -1.53. The van der Waals surface area contributed by atoms with Gasteiger partial charge >= 0.3 is 0 Å². The van der Waals surface area contributed by atoms with Crippen LogP contribution >= 0.6 is 11.3 Å². The average Bonchev–Trinajstić information content (AvgIpc) is 2.92. The van der Waals surface area contributed by atoms with Gasteiger partial charge in [0, 0.05) is 7.05 Å². The number of rotatable bonds is 4.